The molecule has 7 heteroatoms. The van der Waals surface area contributed by atoms with E-state index in [4.69, 9.17) is 31.2 Å². The predicted molar refractivity (Wildman–Crippen MR) is 114 cm³/mol. The zero-order valence-electron chi connectivity index (χ0n) is 16.7. The Morgan fingerprint density at radius 3 is 2.70 bits per heavy atom. The topological polar surface area (TPSA) is 91.8 Å². The molecule has 0 saturated heterocycles. The summed E-state index contributed by atoms with van der Waals surface area (Å²) in [6, 6.07) is 10.6. The van der Waals surface area contributed by atoms with E-state index in [2.05, 4.69) is 0 Å². The van der Waals surface area contributed by atoms with Crippen molar-refractivity contribution >= 4 is 28.5 Å². The van der Waals surface area contributed by atoms with Gasteiger partial charge in [-0.15, -0.1) is 0 Å². The Hall–Kier alpha value is -3.25. The number of hydrogen-bond donors (Lipinski definition) is 1. The molecular formula is C23H20ClNO5. The highest BCUT2D eigenvalue weighted by atomic mass is 35.5. The number of rotatable bonds is 3. The lowest BCUT2D eigenvalue weighted by atomic mass is 9.83. The largest absolute Gasteiger partial charge is 0.462 e. The third-order valence-corrected chi connectivity index (χ3v) is 5.31. The summed E-state index contributed by atoms with van der Waals surface area (Å²) in [5, 5.41) is 1.09. The van der Waals surface area contributed by atoms with Crippen LogP contribution >= 0.6 is 11.6 Å². The van der Waals surface area contributed by atoms with Gasteiger partial charge in [0.1, 0.15) is 11.2 Å². The highest BCUT2D eigenvalue weighted by molar-refractivity contribution is 6.30. The highest BCUT2D eigenvalue weighted by Gasteiger charge is 2.39. The second-order valence-electron chi connectivity index (χ2n) is 7.18. The predicted octanol–water partition coefficient (Wildman–Crippen LogP) is 4.32. The van der Waals surface area contributed by atoms with Gasteiger partial charge in [0.15, 0.2) is 5.75 Å². The van der Waals surface area contributed by atoms with Gasteiger partial charge in [-0.05, 0) is 55.7 Å². The molecule has 6 nitrogen and oxygen atoms in total. The fourth-order valence-electron chi connectivity index (χ4n) is 3.94. The van der Waals surface area contributed by atoms with Crippen molar-refractivity contribution in [3.05, 3.63) is 85.6 Å². The van der Waals surface area contributed by atoms with Crippen LogP contribution < -0.4 is 16.1 Å². The van der Waals surface area contributed by atoms with Crippen LogP contribution in [0.15, 0.2) is 57.1 Å². The molecule has 4 rings (SSSR count). The van der Waals surface area contributed by atoms with E-state index in [1.807, 2.05) is 19.9 Å². The quantitative estimate of drug-likeness (QED) is 0.496. The zero-order chi connectivity index (χ0) is 21.6. The van der Waals surface area contributed by atoms with Crippen molar-refractivity contribution < 1.29 is 18.7 Å². The van der Waals surface area contributed by atoms with Gasteiger partial charge in [0.2, 0.25) is 5.88 Å². The second kappa shape index (κ2) is 7.54. The Kier molecular flexibility index (Phi) is 5.03. The van der Waals surface area contributed by atoms with E-state index >= 15 is 0 Å². The lowest BCUT2D eigenvalue weighted by molar-refractivity contribution is -0.139. The summed E-state index contributed by atoms with van der Waals surface area (Å²) in [7, 11) is 0. The molecule has 1 unspecified atom stereocenters. The van der Waals surface area contributed by atoms with E-state index in [9.17, 15) is 9.59 Å². The van der Waals surface area contributed by atoms with Crippen molar-refractivity contribution in [2.45, 2.75) is 26.7 Å². The maximum absolute atomic E-state index is 13.1. The van der Waals surface area contributed by atoms with Gasteiger partial charge >= 0.3 is 11.6 Å². The molecule has 0 radical (unpaired) electrons. The number of nitrogens with two attached hydrogens (primary N) is 1. The molecule has 2 aromatic carbocycles. The first-order valence-corrected chi connectivity index (χ1v) is 9.87. The summed E-state index contributed by atoms with van der Waals surface area (Å²) < 4.78 is 16.7. The average molecular weight is 426 g/mol. The molecule has 3 aromatic rings. The lowest BCUT2D eigenvalue weighted by Crippen LogP contribution is -2.31. The molecule has 0 spiro atoms. The van der Waals surface area contributed by atoms with Crippen molar-refractivity contribution in [1.82, 2.24) is 0 Å². The number of carbonyl (C=O) groups excluding carboxylic acids is 1. The maximum Gasteiger partial charge on any atom is 0.344 e. The number of hydrogen-bond acceptors (Lipinski definition) is 6. The van der Waals surface area contributed by atoms with Crippen LogP contribution in [0, 0.1) is 13.8 Å². The molecule has 0 amide bonds. The summed E-state index contributed by atoms with van der Waals surface area (Å²) in [4.78, 5) is 25.9. The molecule has 30 heavy (non-hydrogen) atoms. The number of ether oxygens (including phenoxy) is 2. The van der Waals surface area contributed by atoms with Crippen molar-refractivity contribution in [3.63, 3.8) is 0 Å². The monoisotopic (exact) mass is 425 g/mol. The molecule has 154 valence electrons. The Balaban J connectivity index is 2.09. The van der Waals surface area contributed by atoms with Gasteiger partial charge in [-0.25, -0.2) is 9.59 Å². The number of carbonyl (C=O) groups is 1. The van der Waals surface area contributed by atoms with Gasteiger partial charge in [-0.3, -0.25) is 0 Å². The summed E-state index contributed by atoms with van der Waals surface area (Å²) in [5.41, 5.74) is 8.64. The van der Waals surface area contributed by atoms with Crippen LogP contribution in [0.5, 0.6) is 5.75 Å². The van der Waals surface area contributed by atoms with Crippen LogP contribution in [0.3, 0.4) is 0 Å². The van der Waals surface area contributed by atoms with Crippen LogP contribution in [0.4, 0.5) is 0 Å². The highest BCUT2D eigenvalue weighted by Crippen LogP contribution is 2.45. The van der Waals surface area contributed by atoms with Crippen molar-refractivity contribution in [2.75, 3.05) is 6.61 Å². The fourth-order valence-corrected chi connectivity index (χ4v) is 4.13. The van der Waals surface area contributed by atoms with Gasteiger partial charge in [-0.2, -0.15) is 0 Å². The van der Waals surface area contributed by atoms with Crippen molar-refractivity contribution in [2.24, 2.45) is 5.73 Å². The molecule has 1 aliphatic rings. The minimum atomic E-state index is -0.840. The molecule has 2 N–H and O–H groups in total. The van der Waals surface area contributed by atoms with Crippen LogP contribution in [-0.4, -0.2) is 12.6 Å². The first-order valence-electron chi connectivity index (χ1n) is 9.49. The Bertz CT molecular complexity index is 1270. The third kappa shape index (κ3) is 3.23. The number of aryl methyl sites for hydroxylation is 2. The summed E-state index contributed by atoms with van der Waals surface area (Å²) in [5.74, 6) is -1.33. The van der Waals surface area contributed by atoms with E-state index in [1.54, 1.807) is 37.3 Å². The first kappa shape index (κ1) is 20.0. The second-order valence-corrected chi connectivity index (χ2v) is 7.61. The van der Waals surface area contributed by atoms with Crippen molar-refractivity contribution in [1.29, 1.82) is 0 Å². The van der Waals surface area contributed by atoms with Crippen LogP contribution in [0.25, 0.3) is 11.0 Å². The van der Waals surface area contributed by atoms with Gasteiger partial charge in [0.25, 0.3) is 0 Å². The SMILES string of the molecule is CCOC(=O)C1=C(N)Oc2c(c(=O)oc3cc(C)cc(C)c23)C1c1cccc(Cl)c1. The van der Waals surface area contributed by atoms with Gasteiger partial charge in [0, 0.05) is 5.02 Å². The molecule has 0 fully saturated rings. The van der Waals surface area contributed by atoms with E-state index in [-0.39, 0.29) is 29.4 Å². The van der Waals surface area contributed by atoms with E-state index in [0.717, 1.165) is 11.1 Å². The molecular weight excluding hydrogens is 406 g/mol. The van der Waals surface area contributed by atoms with Crippen molar-refractivity contribution in [3.8, 4) is 5.75 Å². The Morgan fingerprint density at radius 1 is 1.23 bits per heavy atom. The Labute approximate surface area is 177 Å². The van der Waals surface area contributed by atoms with Crippen LogP contribution in [0.1, 0.15) is 35.1 Å². The number of fused-ring (bicyclic) bond motifs is 3. The number of halogens is 1. The van der Waals surface area contributed by atoms with Gasteiger partial charge in [0.05, 0.1) is 23.5 Å². The molecule has 1 aliphatic heterocycles. The zero-order valence-corrected chi connectivity index (χ0v) is 17.5. The van der Waals surface area contributed by atoms with E-state index in [0.29, 0.717) is 21.6 Å². The maximum atomic E-state index is 13.1. The molecule has 0 aliphatic carbocycles. The molecule has 2 heterocycles. The van der Waals surface area contributed by atoms with Crippen LogP contribution in [-0.2, 0) is 9.53 Å². The smallest absolute Gasteiger partial charge is 0.344 e. The lowest BCUT2D eigenvalue weighted by Gasteiger charge is -2.28. The number of benzene rings is 2. The Morgan fingerprint density at radius 2 is 2.00 bits per heavy atom. The molecule has 0 saturated carbocycles. The summed E-state index contributed by atoms with van der Waals surface area (Å²) in [6.45, 7) is 5.65. The molecule has 0 bridgehead atoms. The van der Waals surface area contributed by atoms with Gasteiger partial charge in [-0.1, -0.05) is 29.8 Å². The minimum absolute atomic E-state index is 0.0445. The minimum Gasteiger partial charge on any atom is -0.462 e. The third-order valence-electron chi connectivity index (χ3n) is 5.07. The molecule has 1 atom stereocenters. The average Bonchev–Trinajstić information content (AvgIpc) is 2.66. The fraction of sp³-hybridized carbons (Fsp3) is 0.217. The molecule has 1 aromatic heterocycles. The van der Waals surface area contributed by atoms with E-state index in [1.165, 1.54) is 0 Å². The standard InChI is InChI=1S/C23H20ClNO5/c1-4-28-22(26)19-17(13-6-5-7-14(24)10-13)18-20(30-21(19)25)16-12(3)8-11(2)9-15(16)29-23(18)27/h5-10,17H,4,25H2,1-3H3. The van der Waals surface area contributed by atoms with E-state index < -0.39 is 17.5 Å². The summed E-state index contributed by atoms with van der Waals surface area (Å²) in [6.07, 6.45) is 0. The number of esters is 1. The van der Waals surface area contributed by atoms with Crippen LogP contribution in [0.2, 0.25) is 5.02 Å². The van der Waals surface area contributed by atoms with Gasteiger partial charge < -0.3 is 19.6 Å². The first-order chi connectivity index (χ1) is 14.3. The normalized spacial score (nSPS) is 15.7. The summed E-state index contributed by atoms with van der Waals surface area (Å²) >= 11 is 6.20.